The lowest BCUT2D eigenvalue weighted by Gasteiger charge is -2.32. The van der Waals surface area contributed by atoms with Gasteiger partial charge in [-0.3, -0.25) is 9.58 Å². The van der Waals surface area contributed by atoms with Crippen LogP contribution in [-0.4, -0.2) is 41.4 Å². The monoisotopic (exact) mass is 276 g/mol. The highest BCUT2D eigenvalue weighted by atomic mass is 15.3. The quantitative estimate of drug-likeness (QED) is 0.896. The largest absolute Gasteiger partial charge is 0.319 e. The lowest BCUT2D eigenvalue weighted by atomic mass is 9.98. The molecular weight excluding hydrogens is 248 g/mol. The molecule has 1 saturated heterocycles. The molecule has 1 saturated carbocycles. The Morgan fingerprint density at radius 1 is 1.25 bits per heavy atom. The van der Waals surface area contributed by atoms with E-state index in [0.717, 1.165) is 19.0 Å². The first kappa shape index (κ1) is 14.1. The van der Waals surface area contributed by atoms with Crippen molar-refractivity contribution in [2.24, 2.45) is 5.92 Å². The van der Waals surface area contributed by atoms with Gasteiger partial charge in [-0.1, -0.05) is 12.8 Å². The molecule has 3 rings (SSSR count). The van der Waals surface area contributed by atoms with Crippen LogP contribution in [0.1, 0.15) is 50.3 Å². The highest BCUT2D eigenvalue weighted by Gasteiger charge is 2.21. The van der Waals surface area contributed by atoms with E-state index in [9.17, 15) is 0 Å². The minimum atomic E-state index is 0.669. The summed E-state index contributed by atoms with van der Waals surface area (Å²) >= 11 is 0. The molecule has 0 bridgehead atoms. The lowest BCUT2D eigenvalue weighted by molar-refractivity contribution is 0.164. The number of likely N-dealkylation sites (tertiary alicyclic amines) is 1. The van der Waals surface area contributed by atoms with Gasteiger partial charge in [0.1, 0.15) is 0 Å². The van der Waals surface area contributed by atoms with E-state index in [1.807, 2.05) is 0 Å². The topological polar surface area (TPSA) is 33.1 Å². The third-order valence-corrected chi connectivity index (χ3v) is 4.84. The van der Waals surface area contributed by atoms with E-state index in [1.165, 1.54) is 57.3 Å². The van der Waals surface area contributed by atoms with Gasteiger partial charge in [0.2, 0.25) is 0 Å². The molecule has 112 valence electrons. The van der Waals surface area contributed by atoms with Gasteiger partial charge in [-0.05, 0) is 57.8 Å². The van der Waals surface area contributed by atoms with Crippen molar-refractivity contribution in [2.45, 2.75) is 51.1 Å². The van der Waals surface area contributed by atoms with Crippen molar-refractivity contribution in [3.05, 3.63) is 18.0 Å². The van der Waals surface area contributed by atoms with Gasteiger partial charge in [0.25, 0.3) is 0 Å². The summed E-state index contributed by atoms with van der Waals surface area (Å²) in [6.07, 6.45) is 10.3. The summed E-state index contributed by atoms with van der Waals surface area (Å²) < 4.78 is 2.22. The summed E-state index contributed by atoms with van der Waals surface area (Å²) in [7, 11) is 2.06. The van der Waals surface area contributed by atoms with Crippen molar-refractivity contribution in [1.82, 2.24) is 20.0 Å². The van der Waals surface area contributed by atoms with Crippen molar-refractivity contribution < 1.29 is 0 Å². The maximum absolute atomic E-state index is 4.82. The van der Waals surface area contributed by atoms with Gasteiger partial charge in [-0.15, -0.1) is 0 Å². The highest BCUT2D eigenvalue weighted by Crippen LogP contribution is 2.28. The molecule has 2 aliphatic rings. The Hall–Kier alpha value is -0.870. The second kappa shape index (κ2) is 6.72. The predicted molar refractivity (Wildman–Crippen MR) is 81.7 cm³/mol. The van der Waals surface area contributed by atoms with Gasteiger partial charge in [0.05, 0.1) is 11.7 Å². The van der Waals surface area contributed by atoms with Crippen LogP contribution in [0, 0.1) is 5.92 Å². The van der Waals surface area contributed by atoms with Crippen LogP contribution in [0.25, 0.3) is 0 Å². The maximum atomic E-state index is 4.82. The molecule has 1 aromatic heterocycles. The molecule has 1 aromatic rings. The molecule has 1 atom stereocenters. The predicted octanol–water partition coefficient (Wildman–Crippen LogP) is 2.43. The van der Waals surface area contributed by atoms with Crippen molar-refractivity contribution in [3.8, 4) is 0 Å². The fourth-order valence-electron chi connectivity index (χ4n) is 3.81. The molecule has 20 heavy (non-hydrogen) atoms. The molecule has 1 aliphatic heterocycles. The van der Waals surface area contributed by atoms with E-state index in [-0.39, 0.29) is 0 Å². The molecule has 1 N–H and O–H groups in total. The Labute approximate surface area is 122 Å². The molecule has 0 spiro atoms. The molecular formula is C16H28N4. The summed E-state index contributed by atoms with van der Waals surface area (Å²) in [5.74, 6) is 0.811. The SMILES string of the molecule is CNCC1CCCN(Cc2ccn(C3CCCC3)n2)C1. The number of aromatic nitrogens is 2. The summed E-state index contributed by atoms with van der Waals surface area (Å²) in [4.78, 5) is 2.58. The third kappa shape index (κ3) is 3.41. The Morgan fingerprint density at radius 3 is 2.90 bits per heavy atom. The minimum absolute atomic E-state index is 0.669. The van der Waals surface area contributed by atoms with Crippen LogP contribution in [0.3, 0.4) is 0 Å². The Morgan fingerprint density at radius 2 is 2.10 bits per heavy atom. The first-order valence-corrected chi connectivity index (χ1v) is 8.26. The summed E-state index contributed by atoms with van der Waals surface area (Å²) in [6, 6.07) is 2.89. The van der Waals surface area contributed by atoms with Crippen molar-refractivity contribution in [1.29, 1.82) is 0 Å². The van der Waals surface area contributed by atoms with Crippen LogP contribution in [0.4, 0.5) is 0 Å². The van der Waals surface area contributed by atoms with Gasteiger partial charge in [-0.25, -0.2) is 0 Å². The van der Waals surface area contributed by atoms with Gasteiger partial charge in [0, 0.05) is 19.3 Å². The van der Waals surface area contributed by atoms with E-state index in [2.05, 4.69) is 34.2 Å². The standard InChI is InChI=1S/C16H28N4/c1-17-11-14-5-4-9-19(12-14)13-15-8-10-20(18-15)16-6-2-3-7-16/h8,10,14,16-17H,2-7,9,11-13H2,1H3. The van der Waals surface area contributed by atoms with E-state index in [1.54, 1.807) is 0 Å². The van der Waals surface area contributed by atoms with Crippen LogP contribution in [0.5, 0.6) is 0 Å². The molecule has 0 aromatic carbocycles. The van der Waals surface area contributed by atoms with E-state index < -0.39 is 0 Å². The van der Waals surface area contributed by atoms with Gasteiger partial charge >= 0.3 is 0 Å². The van der Waals surface area contributed by atoms with Gasteiger partial charge < -0.3 is 5.32 Å². The minimum Gasteiger partial charge on any atom is -0.319 e. The molecule has 1 aliphatic carbocycles. The number of rotatable bonds is 5. The Balaban J connectivity index is 1.54. The van der Waals surface area contributed by atoms with Crippen molar-refractivity contribution in [3.63, 3.8) is 0 Å². The normalized spacial score (nSPS) is 25.4. The van der Waals surface area contributed by atoms with Crippen molar-refractivity contribution in [2.75, 3.05) is 26.7 Å². The fourth-order valence-corrected chi connectivity index (χ4v) is 3.81. The fraction of sp³-hybridized carbons (Fsp3) is 0.812. The van der Waals surface area contributed by atoms with Crippen LogP contribution < -0.4 is 5.32 Å². The molecule has 4 nitrogen and oxygen atoms in total. The number of hydrogen-bond donors (Lipinski definition) is 1. The number of hydrogen-bond acceptors (Lipinski definition) is 3. The number of piperidine rings is 1. The second-order valence-electron chi connectivity index (χ2n) is 6.53. The first-order valence-electron chi connectivity index (χ1n) is 8.26. The smallest absolute Gasteiger partial charge is 0.0764 e. The summed E-state index contributed by atoms with van der Waals surface area (Å²) in [5, 5.41) is 8.13. The summed E-state index contributed by atoms with van der Waals surface area (Å²) in [6.45, 7) is 4.63. The third-order valence-electron chi connectivity index (χ3n) is 4.84. The maximum Gasteiger partial charge on any atom is 0.0764 e. The zero-order chi connectivity index (χ0) is 13.8. The second-order valence-corrected chi connectivity index (χ2v) is 6.53. The first-order chi connectivity index (χ1) is 9.85. The number of nitrogens with one attached hydrogen (secondary N) is 1. The average Bonchev–Trinajstić information content (AvgIpc) is 3.10. The zero-order valence-electron chi connectivity index (χ0n) is 12.7. The molecule has 1 unspecified atom stereocenters. The molecule has 4 heteroatoms. The van der Waals surface area contributed by atoms with Crippen LogP contribution in [-0.2, 0) is 6.54 Å². The van der Waals surface area contributed by atoms with E-state index >= 15 is 0 Å². The van der Waals surface area contributed by atoms with E-state index in [0.29, 0.717) is 6.04 Å². The highest BCUT2D eigenvalue weighted by molar-refractivity contribution is 5.00. The van der Waals surface area contributed by atoms with Crippen molar-refractivity contribution >= 4 is 0 Å². The van der Waals surface area contributed by atoms with Crippen LogP contribution in [0.15, 0.2) is 12.3 Å². The molecule has 0 radical (unpaired) electrons. The average molecular weight is 276 g/mol. The lowest BCUT2D eigenvalue weighted by Crippen LogP contribution is -2.38. The Kier molecular flexibility index (Phi) is 4.73. The zero-order valence-corrected chi connectivity index (χ0v) is 12.7. The van der Waals surface area contributed by atoms with Crippen LogP contribution in [0.2, 0.25) is 0 Å². The van der Waals surface area contributed by atoms with Crippen LogP contribution >= 0.6 is 0 Å². The molecule has 0 amide bonds. The van der Waals surface area contributed by atoms with E-state index in [4.69, 9.17) is 5.10 Å². The molecule has 2 heterocycles. The Bertz CT molecular complexity index is 406. The molecule has 2 fully saturated rings. The summed E-state index contributed by atoms with van der Waals surface area (Å²) in [5.41, 5.74) is 1.25. The van der Waals surface area contributed by atoms with Gasteiger partial charge in [-0.2, -0.15) is 5.10 Å². The number of nitrogens with zero attached hydrogens (tertiary/aromatic N) is 3. The van der Waals surface area contributed by atoms with Gasteiger partial charge in [0.15, 0.2) is 0 Å².